The number of hydrogen-bond acceptors (Lipinski definition) is 6. The Morgan fingerprint density at radius 1 is 1.40 bits per heavy atom. The Morgan fingerprint density at radius 2 is 2.20 bits per heavy atom. The molecular formula is C21H25ClN6O2. The number of likely N-dealkylation sites (tertiary alicyclic amines) is 1. The smallest absolute Gasteiger partial charge is 0.317 e. The Morgan fingerprint density at radius 3 is 2.93 bits per heavy atom. The van der Waals surface area contributed by atoms with Crippen LogP contribution >= 0.6 is 11.6 Å². The summed E-state index contributed by atoms with van der Waals surface area (Å²) < 4.78 is 5.29. The van der Waals surface area contributed by atoms with E-state index in [1.165, 1.54) is 0 Å². The molecule has 1 saturated heterocycles. The van der Waals surface area contributed by atoms with Crippen molar-refractivity contribution < 1.29 is 9.53 Å². The fourth-order valence-electron chi connectivity index (χ4n) is 3.98. The monoisotopic (exact) mass is 428 g/mol. The van der Waals surface area contributed by atoms with Gasteiger partial charge in [-0.1, -0.05) is 23.7 Å². The molecule has 9 heteroatoms. The maximum atomic E-state index is 11.0. The predicted molar refractivity (Wildman–Crippen MR) is 116 cm³/mol. The molecule has 158 valence electrons. The number of hydrogen-bond donors (Lipinski definition) is 2. The van der Waals surface area contributed by atoms with Crippen molar-refractivity contribution in [2.24, 2.45) is 16.1 Å². The first kappa shape index (κ1) is 20.6. The van der Waals surface area contributed by atoms with Crippen LogP contribution < -0.4 is 15.8 Å². The van der Waals surface area contributed by atoms with E-state index in [1.807, 2.05) is 24.3 Å². The Bertz CT molecular complexity index is 972. The molecule has 0 saturated carbocycles. The second kappa shape index (κ2) is 8.57. The van der Waals surface area contributed by atoms with Gasteiger partial charge in [0.2, 0.25) is 0 Å². The highest BCUT2D eigenvalue weighted by molar-refractivity contribution is 6.30. The van der Waals surface area contributed by atoms with Crippen molar-refractivity contribution in [2.45, 2.75) is 25.8 Å². The van der Waals surface area contributed by atoms with Gasteiger partial charge in [-0.05, 0) is 50.7 Å². The van der Waals surface area contributed by atoms with Crippen molar-refractivity contribution in [3.05, 3.63) is 46.7 Å². The lowest BCUT2D eigenvalue weighted by atomic mass is 9.71. The highest BCUT2D eigenvalue weighted by Gasteiger charge is 2.43. The standard InChI is InChI=1S/C21H25ClN6O2/c1-28-7-5-21(6-8-28)10-16-17(12-25-20(27-16)30-13-18(23)29)26-19(21)24-11-14-3-2-4-15(22)9-14/h2-4,9,12H,5-8,10-11,13H2,1H3,(H2,23,29)(H,24,26). The largest absolute Gasteiger partial charge is 0.453 e. The number of primary amides is 1. The number of aliphatic imine (C=N–C) groups is 1. The lowest BCUT2D eigenvalue weighted by molar-refractivity contribution is -0.120. The Balaban J connectivity index is 1.62. The van der Waals surface area contributed by atoms with Gasteiger partial charge in [0, 0.05) is 16.9 Å². The normalized spacial score (nSPS) is 19.3. The fraction of sp³-hybridized carbons (Fsp3) is 0.429. The second-order valence-electron chi connectivity index (χ2n) is 7.95. The van der Waals surface area contributed by atoms with E-state index < -0.39 is 5.91 Å². The van der Waals surface area contributed by atoms with E-state index in [-0.39, 0.29) is 18.0 Å². The van der Waals surface area contributed by atoms with Gasteiger partial charge in [0.15, 0.2) is 6.61 Å². The summed E-state index contributed by atoms with van der Waals surface area (Å²) in [6, 6.07) is 7.93. The van der Waals surface area contributed by atoms with Crippen molar-refractivity contribution in [3.8, 4) is 6.01 Å². The molecule has 1 amide bonds. The number of halogens is 1. The number of amides is 1. The van der Waals surface area contributed by atoms with Crippen LogP contribution in [0.3, 0.4) is 0 Å². The number of fused-ring (bicyclic) bond motifs is 1. The molecule has 1 aromatic carbocycles. The lowest BCUT2D eigenvalue weighted by Crippen LogP contribution is -2.49. The van der Waals surface area contributed by atoms with Crippen LogP contribution in [0.25, 0.3) is 0 Å². The third-order valence-corrected chi connectivity index (χ3v) is 5.94. The van der Waals surface area contributed by atoms with Gasteiger partial charge < -0.3 is 20.7 Å². The van der Waals surface area contributed by atoms with Crippen LogP contribution in [0, 0.1) is 5.41 Å². The van der Waals surface area contributed by atoms with E-state index in [1.54, 1.807) is 6.20 Å². The number of nitrogens with two attached hydrogens (primary N) is 1. The van der Waals surface area contributed by atoms with Crippen molar-refractivity contribution in [2.75, 3.05) is 32.1 Å². The maximum absolute atomic E-state index is 11.0. The quantitative estimate of drug-likeness (QED) is 0.756. The number of nitrogens with zero attached hydrogens (tertiary/aromatic N) is 4. The van der Waals surface area contributed by atoms with Crippen LogP contribution in [-0.4, -0.2) is 53.4 Å². The minimum atomic E-state index is -0.559. The van der Waals surface area contributed by atoms with Crippen molar-refractivity contribution >= 4 is 29.0 Å². The molecule has 2 aromatic rings. The average Bonchev–Trinajstić information content (AvgIpc) is 2.73. The van der Waals surface area contributed by atoms with Crippen LogP contribution in [0.4, 0.5) is 5.69 Å². The third-order valence-electron chi connectivity index (χ3n) is 5.70. The average molecular weight is 429 g/mol. The van der Waals surface area contributed by atoms with Gasteiger partial charge in [0.1, 0.15) is 5.84 Å². The maximum Gasteiger partial charge on any atom is 0.317 e. The number of aromatic nitrogens is 2. The summed E-state index contributed by atoms with van der Waals surface area (Å²) in [4.78, 5) is 27.0. The number of anilines is 1. The topological polar surface area (TPSA) is 106 Å². The number of nitrogens with one attached hydrogen (secondary N) is 1. The zero-order chi connectivity index (χ0) is 21.1. The predicted octanol–water partition coefficient (Wildman–Crippen LogP) is 2.27. The first-order chi connectivity index (χ1) is 14.4. The summed E-state index contributed by atoms with van der Waals surface area (Å²) in [5, 5.41) is 4.18. The SMILES string of the molecule is CN1CCC2(CC1)Cc1nc(OCC(N)=O)ncc1NC2=NCc1cccc(Cl)c1. The van der Waals surface area contributed by atoms with Gasteiger partial charge >= 0.3 is 6.01 Å². The molecule has 0 atom stereocenters. The molecular weight excluding hydrogens is 404 g/mol. The molecule has 4 rings (SSSR count). The number of rotatable bonds is 5. The molecule has 3 heterocycles. The van der Waals surface area contributed by atoms with Gasteiger partial charge in [-0.25, -0.2) is 4.98 Å². The first-order valence-corrected chi connectivity index (χ1v) is 10.3. The molecule has 0 radical (unpaired) electrons. The summed E-state index contributed by atoms with van der Waals surface area (Å²) in [5.41, 5.74) is 7.79. The summed E-state index contributed by atoms with van der Waals surface area (Å²) in [5.74, 6) is 0.411. The van der Waals surface area contributed by atoms with Gasteiger partial charge in [0.05, 0.1) is 24.1 Å². The summed E-state index contributed by atoms with van der Waals surface area (Å²) >= 11 is 6.12. The van der Waals surface area contributed by atoms with Crippen molar-refractivity contribution in [3.63, 3.8) is 0 Å². The minimum absolute atomic E-state index is 0.118. The zero-order valence-corrected chi connectivity index (χ0v) is 17.7. The van der Waals surface area contributed by atoms with E-state index in [0.29, 0.717) is 11.6 Å². The molecule has 3 N–H and O–H groups in total. The van der Waals surface area contributed by atoms with E-state index in [4.69, 9.17) is 27.1 Å². The van der Waals surface area contributed by atoms with Crippen molar-refractivity contribution in [1.82, 2.24) is 14.9 Å². The number of amidine groups is 1. The Hall–Kier alpha value is -2.71. The third kappa shape index (κ3) is 4.55. The van der Waals surface area contributed by atoms with Gasteiger partial charge in [-0.15, -0.1) is 0 Å². The number of benzene rings is 1. The lowest BCUT2D eigenvalue weighted by Gasteiger charge is -2.44. The molecule has 1 fully saturated rings. The first-order valence-electron chi connectivity index (χ1n) is 9.95. The number of carbonyl (C=O) groups excluding carboxylic acids is 1. The second-order valence-corrected chi connectivity index (χ2v) is 8.38. The molecule has 1 spiro atoms. The highest BCUT2D eigenvalue weighted by atomic mass is 35.5. The molecule has 0 unspecified atom stereocenters. The number of carbonyl (C=O) groups is 1. The van der Waals surface area contributed by atoms with Gasteiger partial charge in [-0.3, -0.25) is 9.79 Å². The molecule has 2 aliphatic heterocycles. The van der Waals surface area contributed by atoms with Crippen LogP contribution in [0.15, 0.2) is 35.5 Å². The van der Waals surface area contributed by atoms with E-state index >= 15 is 0 Å². The van der Waals surface area contributed by atoms with Crippen LogP contribution in [-0.2, 0) is 17.8 Å². The van der Waals surface area contributed by atoms with Crippen molar-refractivity contribution in [1.29, 1.82) is 0 Å². The highest BCUT2D eigenvalue weighted by Crippen LogP contribution is 2.41. The van der Waals surface area contributed by atoms with E-state index in [0.717, 1.165) is 55.1 Å². The molecule has 1 aromatic heterocycles. The fourth-order valence-corrected chi connectivity index (χ4v) is 4.19. The summed E-state index contributed by atoms with van der Waals surface area (Å²) in [6.07, 6.45) is 4.37. The zero-order valence-electron chi connectivity index (χ0n) is 16.9. The van der Waals surface area contributed by atoms with Crippen LogP contribution in [0.2, 0.25) is 5.02 Å². The molecule has 30 heavy (non-hydrogen) atoms. The molecule has 2 aliphatic rings. The summed E-state index contributed by atoms with van der Waals surface area (Å²) in [6.45, 7) is 2.29. The number of ether oxygens (including phenoxy) is 1. The molecule has 0 bridgehead atoms. The van der Waals surface area contributed by atoms with Gasteiger partial charge in [-0.2, -0.15) is 4.98 Å². The van der Waals surface area contributed by atoms with E-state index in [9.17, 15) is 4.79 Å². The van der Waals surface area contributed by atoms with Crippen LogP contribution in [0.5, 0.6) is 6.01 Å². The summed E-state index contributed by atoms with van der Waals surface area (Å²) in [7, 11) is 2.14. The molecule has 0 aliphatic carbocycles. The van der Waals surface area contributed by atoms with Crippen LogP contribution in [0.1, 0.15) is 24.1 Å². The number of piperidine rings is 1. The van der Waals surface area contributed by atoms with E-state index in [2.05, 4.69) is 27.2 Å². The Labute approximate surface area is 180 Å². The Kier molecular flexibility index (Phi) is 5.87. The minimum Gasteiger partial charge on any atom is -0.453 e. The van der Waals surface area contributed by atoms with Gasteiger partial charge in [0.25, 0.3) is 5.91 Å². The molecule has 8 nitrogen and oxygen atoms in total.